The summed E-state index contributed by atoms with van der Waals surface area (Å²) in [6, 6.07) is 0. The summed E-state index contributed by atoms with van der Waals surface area (Å²) in [5.41, 5.74) is 0.572. The number of ether oxygens (including phenoxy) is 1. The molecule has 30 heavy (non-hydrogen) atoms. The van der Waals surface area contributed by atoms with Crippen LogP contribution in [0.5, 0.6) is 0 Å². The maximum atomic E-state index is 10.3. The third-order valence-electron chi connectivity index (χ3n) is 10.2. The van der Waals surface area contributed by atoms with Gasteiger partial charge in [-0.1, -0.05) is 53.7 Å². The van der Waals surface area contributed by atoms with Crippen molar-refractivity contribution in [2.24, 2.45) is 46.3 Å². The van der Waals surface area contributed by atoms with Gasteiger partial charge in [0.1, 0.15) is 6.10 Å². The zero-order valence-corrected chi connectivity index (χ0v) is 20.4. The molecule has 2 aliphatic carbocycles. The van der Waals surface area contributed by atoms with Gasteiger partial charge in [0, 0.05) is 11.3 Å². The second-order valence-corrected chi connectivity index (χ2v) is 12.2. The predicted molar refractivity (Wildman–Crippen MR) is 125 cm³/mol. The number of hydrogen-bond donors (Lipinski definition) is 1. The molecule has 2 bridgehead atoms. The Morgan fingerprint density at radius 2 is 1.73 bits per heavy atom. The monoisotopic (exact) mass is 414 g/mol. The summed E-state index contributed by atoms with van der Waals surface area (Å²) in [5.74, 6) is 5.22. The molecule has 170 valence electrons. The molecule has 3 fully saturated rings. The number of allylic oxidation sites excluding steroid dienone is 4. The third-order valence-corrected chi connectivity index (χ3v) is 10.2. The van der Waals surface area contributed by atoms with E-state index in [2.05, 4.69) is 59.8 Å². The first kappa shape index (κ1) is 22.4. The molecule has 1 saturated heterocycles. The Kier molecular flexibility index (Phi) is 6.21. The van der Waals surface area contributed by atoms with Crippen molar-refractivity contribution in [2.45, 2.75) is 105 Å². The van der Waals surface area contributed by atoms with Crippen molar-refractivity contribution in [3.05, 3.63) is 24.0 Å². The van der Waals surface area contributed by atoms with Crippen LogP contribution in [-0.4, -0.2) is 17.3 Å². The molecule has 0 amide bonds. The van der Waals surface area contributed by atoms with E-state index in [1.54, 1.807) is 0 Å². The number of hydrogen-bond acceptors (Lipinski definition) is 2. The minimum absolute atomic E-state index is 0.108. The molecule has 9 unspecified atom stereocenters. The zero-order valence-electron chi connectivity index (χ0n) is 20.4. The second kappa shape index (κ2) is 8.30. The van der Waals surface area contributed by atoms with Crippen molar-refractivity contribution in [2.75, 3.05) is 0 Å². The molecular weight excluding hydrogens is 368 g/mol. The van der Waals surface area contributed by atoms with Crippen LogP contribution >= 0.6 is 0 Å². The molecular formula is C28H46O2. The van der Waals surface area contributed by atoms with Crippen LogP contribution < -0.4 is 0 Å². The summed E-state index contributed by atoms with van der Waals surface area (Å²) in [6.07, 6.45) is 16.9. The summed E-state index contributed by atoms with van der Waals surface area (Å²) >= 11 is 0. The zero-order chi connectivity index (χ0) is 21.7. The molecule has 4 aliphatic rings. The van der Waals surface area contributed by atoms with Crippen LogP contribution in [0.4, 0.5) is 0 Å². The number of fused-ring (bicyclic) bond motifs is 6. The van der Waals surface area contributed by atoms with Gasteiger partial charge in [-0.15, -0.1) is 0 Å². The van der Waals surface area contributed by atoms with E-state index in [1.807, 2.05) is 0 Å². The lowest BCUT2D eigenvalue weighted by molar-refractivity contribution is -0.0720. The van der Waals surface area contributed by atoms with Gasteiger partial charge in [0.15, 0.2) is 0 Å². The topological polar surface area (TPSA) is 29.5 Å². The third kappa shape index (κ3) is 3.80. The highest BCUT2D eigenvalue weighted by Crippen LogP contribution is 2.61. The van der Waals surface area contributed by atoms with Crippen LogP contribution in [0.25, 0.3) is 0 Å². The fourth-order valence-electron chi connectivity index (χ4n) is 7.51. The van der Waals surface area contributed by atoms with Crippen LogP contribution in [-0.2, 0) is 4.74 Å². The maximum absolute atomic E-state index is 10.3. The molecule has 0 radical (unpaired) electrons. The Morgan fingerprint density at radius 1 is 1.00 bits per heavy atom. The van der Waals surface area contributed by atoms with Crippen LogP contribution in [0.2, 0.25) is 0 Å². The van der Waals surface area contributed by atoms with E-state index in [-0.39, 0.29) is 11.5 Å². The fourth-order valence-corrected chi connectivity index (χ4v) is 7.51. The van der Waals surface area contributed by atoms with E-state index in [9.17, 15) is 5.11 Å². The highest BCUT2D eigenvalue weighted by Gasteiger charge is 2.56. The quantitative estimate of drug-likeness (QED) is 0.495. The molecule has 9 atom stereocenters. The van der Waals surface area contributed by atoms with E-state index in [4.69, 9.17) is 4.74 Å². The maximum Gasteiger partial charge on any atom is 0.104 e. The second-order valence-electron chi connectivity index (χ2n) is 12.2. The first-order valence-electron chi connectivity index (χ1n) is 12.9. The van der Waals surface area contributed by atoms with Crippen LogP contribution in [0.3, 0.4) is 0 Å². The molecule has 0 aromatic rings. The molecule has 1 N–H and O–H groups in total. The van der Waals surface area contributed by atoms with Gasteiger partial charge < -0.3 is 9.84 Å². The lowest BCUT2D eigenvalue weighted by Gasteiger charge is -2.46. The van der Waals surface area contributed by atoms with Crippen molar-refractivity contribution >= 4 is 0 Å². The number of aliphatic hydroxyl groups excluding tert-OH is 1. The number of aliphatic hydroxyl groups is 1. The molecule has 0 aromatic heterocycles. The minimum Gasteiger partial charge on any atom is -0.494 e. The molecule has 2 heterocycles. The van der Waals surface area contributed by atoms with Gasteiger partial charge in [0.2, 0.25) is 0 Å². The normalized spacial score (nSPS) is 45.7. The van der Waals surface area contributed by atoms with Crippen molar-refractivity contribution in [3.8, 4) is 0 Å². The number of rotatable bonds is 4. The fraction of sp³-hybridized carbons (Fsp3) is 0.857. The van der Waals surface area contributed by atoms with Crippen molar-refractivity contribution in [1.29, 1.82) is 0 Å². The van der Waals surface area contributed by atoms with Crippen LogP contribution in [0, 0.1) is 46.3 Å². The Hall–Kier alpha value is -0.760. The van der Waals surface area contributed by atoms with E-state index in [0.29, 0.717) is 41.1 Å². The van der Waals surface area contributed by atoms with Gasteiger partial charge in [-0.05, 0) is 92.4 Å². The van der Waals surface area contributed by atoms with E-state index < -0.39 is 0 Å². The summed E-state index contributed by atoms with van der Waals surface area (Å²) in [5, 5.41) is 10.3. The van der Waals surface area contributed by atoms with Crippen LogP contribution in [0.15, 0.2) is 24.0 Å². The summed E-state index contributed by atoms with van der Waals surface area (Å²) < 4.78 is 6.88. The van der Waals surface area contributed by atoms with Gasteiger partial charge >= 0.3 is 0 Å². The Labute approximate surface area is 185 Å². The van der Waals surface area contributed by atoms with E-state index in [0.717, 1.165) is 31.6 Å². The van der Waals surface area contributed by atoms with E-state index in [1.165, 1.54) is 31.4 Å². The first-order valence-corrected chi connectivity index (χ1v) is 12.9. The van der Waals surface area contributed by atoms with E-state index >= 15 is 0 Å². The van der Waals surface area contributed by atoms with Gasteiger partial charge in [-0.2, -0.15) is 0 Å². The van der Waals surface area contributed by atoms with Crippen LogP contribution in [0.1, 0.15) is 92.9 Å². The lowest BCUT2D eigenvalue weighted by atomic mass is 9.60. The minimum atomic E-state index is -0.108. The largest absolute Gasteiger partial charge is 0.494 e. The Morgan fingerprint density at radius 3 is 2.47 bits per heavy atom. The highest BCUT2D eigenvalue weighted by atomic mass is 16.5. The summed E-state index contributed by atoms with van der Waals surface area (Å²) in [4.78, 5) is 0. The Bertz CT molecular complexity index is 678. The smallest absolute Gasteiger partial charge is 0.104 e. The van der Waals surface area contributed by atoms with Gasteiger partial charge in [-0.3, -0.25) is 0 Å². The lowest BCUT2D eigenvalue weighted by Crippen LogP contribution is -2.44. The van der Waals surface area contributed by atoms with Gasteiger partial charge in [0.25, 0.3) is 0 Å². The molecule has 2 nitrogen and oxygen atoms in total. The molecule has 0 spiro atoms. The van der Waals surface area contributed by atoms with Crippen molar-refractivity contribution < 1.29 is 9.84 Å². The Balaban J connectivity index is 1.57. The van der Waals surface area contributed by atoms with Crippen molar-refractivity contribution in [3.63, 3.8) is 0 Å². The summed E-state index contributed by atoms with van der Waals surface area (Å²) in [7, 11) is 0. The summed E-state index contributed by atoms with van der Waals surface area (Å²) in [6.45, 7) is 14.5. The van der Waals surface area contributed by atoms with Gasteiger partial charge in [0.05, 0.1) is 11.9 Å². The standard InChI is InChI=1S/C28H46O2/c1-18(2)19(3)7-8-20(4)23-10-11-24-25-12-9-21-17-22(29)13-15-27(21,5)26(30-25)14-16-28(23,24)6/h7-8,12,18-24,26,29H,9-11,13-17H2,1-6H3. The molecule has 2 heteroatoms. The molecule has 2 aliphatic heterocycles. The average molecular weight is 415 g/mol. The first-order chi connectivity index (χ1) is 14.1. The molecule has 0 aromatic carbocycles. The molecule has 2 saturated carbocycles. The van der Waals surface area contributed by atoms with Gasteiger partial charge in [-0.25, -0.2) is 0 Å². The van der Waals surface area contributed by atoms with Crippen molar-refractivity contribution in [1.82, 2.24) is 0 Å². The average Bonchev–Trinajstić information content (AvgIpc) is 2.88. The predicted octanol–water partition coefficient (Wildman–Crippen LogP) is 7.14. The molecule has 4 rings (SSSR count). The SMILES string of the molecule is CC(C)C(C)C=CC(C)C1CCC2C3=CCC4CC(O)CCC4(C)C(CCC21C)O3. The highest BCUT2D eigenvalue weighted by molar-refractivity contribution is 5.18.